The molecule has 4 atom stereocenters. The van der Waals surface area contributed by atoms with Gasteiger partial charge in [-0.05, 0) is 48.9 Å². The molecule has 0 radical (unpaired) electrons. The number of carbonyl (C=O) groups is 4. The second-order valence-electron chi connectivity index (χ2n) is 10.8. The predicted molar refractivity (Wildman–Crippen MR) is 164 cm³/mol. The molecule has 0 bridgehead atoms. The van der Waals surface area contributed by atoms with Crippen molar-refractivity contribution in [1.82, 2.24) is 31.2 Å². The van der Waals surface area contributed by atoms with Crippen molar-refractivity contribution < 1.29 is 19.2 Å². The largest absolute Gasteiger partial charge is 0.354 e. The predicted octanol–water partition coefficient (Wildman–Crippen LogP) is 4.04. The Morgan fingerprint density at radius 2 is 0.929 bits per heavy atom. The van der Waals surface area contributed by atoms with Gasteiger partial charge in [0.05, 0.1) is 0 Å². The van der Waals surface area contributed by atoms with Crippen LogP contribution in [0.15, 0.2) is 49.1 Å². The molecule has 0 saturated carbocycles. The maximum Gasteiger partial charge on any atom is 0.252 e. The van der Waals surface area contributed by atoms with E-state index in [1.165, 1.54) is 0 Å². The monoisotopic (exact) mass is 580 g/mol. The van der Waals surface area contributed by atoms with E-state index in [1.54, 1.807) is 49.1 Å². The minimum absolute atomic E-state index is 0.00873. The van der Waals surface area contributed by atoms with E-state index in [4.69, 9.17) is 0 Å². The van der Waals surface area contributed by atoms with Gasteiger partial charge in [-0.15, -0.1) is 0 Å². The lowest BCUT2D eigenvalue weighted by atomic mass is 9.97. The fourth-order valence-electron chi connectivity index (χ4n) is 4.46. The minimum Gasteiger partial charge on any atom is -0.354 e. The zero-order chi connectivity index (χ0) is 30.7. The molecule has 0 fully saturated rings. The van der Waals surface area contributed by atoms with Crippen LogP contribution in [0.1, 0.15) is 99.8 Å². The third kappa shape index (κ3) is 12.0. The van der Waals surface area contributed by atoms with E-state index in [1.807, 2.05) is 27.7 Å². The summed E-state index contributed by atoms with van der Waals surface area (Å²) >= 11 is 0. The highest BCUT2D eigenvalue weighted by molar-refractivity contribution is 5.98. The number of rotatable bonds is 19. The van der Waals surface area contributed by atoms with E-state index in [0.29, 0.717) is 24.2 Å². The molecule has 0 aromatic carbocycles. The summed E-state index contributed by atoms with van der Waals surface area (Å²) in [6.45, 7) is 9.05. The number of carbonyl (C=O) groups excluding carboxylic acids is 4. The number of nitrogens with one attached hydrogen (secondary N) is 4. The molecule has 42 heavy (non-hydrogen) atoms. The summed E-state index contributed by atoms with van der Waals surface area (Å²) in [7, 11) is 0. The first-order chi connectivity index (χ1) is 20.3. The number of nitrogens with zero attached hydrogens (tertiary/aromatic N) is 2. The van der Waals surface area contributed by atoms with Gasteiger partial charge in [0.1, 0.15) is 12.1 Å². The fourth-order valence-corrected chi connectivity index (χ4v) is 4.46. The van der Waals surface area contributed by atoms with Crippen LogP contribution in [-0.4, -0.2) is 58.8 Å². The summed E-state index contributed by atoms with van der Waals surface area (Å²) in [6.07, 6.45) is 13.5. The Morgan fingerprint density at radius 1 is 0.595 bits per heavy atom. The molecule has 0 aliphatic carbocycles. The standard InChI is InChI=1S/C32H48N6O4/c1-5-23(3)27(37-29(39)25-13-19-33-20-14-25)31(41)35-17-11-9-7-8-10-12-18-36-32(42)28(24(4)6-2)38-30(40)26-15-21-34-22-16-26/h13-16,19-24,27-28H,5-12,17-18H2,1-4H3,(H,35,41)(H,36,42)(H,37,39)(H,38,40)/t23?,24?,27-,28-/m0/s1. The van der Waals surface area contributed by atoms with E-state index in [9.17, 15) is 19.2 Å². The van der Waals surface area contributed by atoms with E-state index < -0.39 is 12.1 Å². The Balaban J connectivity index is 1.62. The molecule has 2 aromatic heterocycles. The van der Waals surface area contributed by atoms with Crippen molar-refractivity contribution in [3.8, 4) is 0 Å². The minimum atomic E-state index is -0.588. The van der Waals surface area contributed by atoms with Crippen molar-refractivity contribution in [1.29, 1.82) is 0 Å². The highest BCUT2D eigenvalue weighted by Gasteiger charge is 2.27. The first-order valence-corrected chi connectivity index (χ1v) is 15.3. The lowest BCUT2D eigenvalue weighted by Gasteiger charge is -2.23. The van der Waals surface area contributed by atoms with Gasteiger partial charge in [-0.3, -0.25) is 29.1 Å². The molecule has 0 aliphatic rings. The average Bonchev–Trinajstić information content (AvgIpc) is 3.02. The van der Waals surface area contributed by atoms with Crippen molar-refractivity contribution in [2.75, 3.05) is 13.1 Å². The molecule has 4 amide bonds. The van der Waals surface area contributed by atoms with Crippen LogP contribution in [0.4, 0.5) is 0 Å². The third-order valence-corrected chi connectivity index (χ3v) is 7.65. The molecule has 2 unspecified atom stereocenters. The molecule has 0 spiro atoms. The highest BCUT2D eigenvalue weighted by atomic mass is 16.2. The molecular formula is C32H48N6O4. The summed E-state index contributed by atoms with van der Waals surface area (Å²) in [5.74, 6) is -0.854. The topological polar surface area (TPSA) is 142 Å². The number of amides is 4. The van der Waals surface area contributed by atoms with Crippen LogP contribution in [0.3, 0.4) is 0 Å². The Kier molecular flexibility index (Phi) is 15.8. The Hall–Kier alpha value is -3.82. The van der Waals surface area contributed by atoms with Crippen LogP contribution in [0, 0.1) is 11.8 Å². The van der Waals surface area contributed by atoms with Gasteiger partial charge in [-0.2, -0.15) is 0 Å². The third-order valence-electron chi connectivity index (χ3n) is 7.65. The Labute approximate surface area is 250 Å². The van der Waals surface area contributed by atoms with Gasteiger partial charge in [0.2, 0.25) is 11.8 Å². The SMILES string of the molecule is CCC(C)[C@H](NC(=O)c1ccncc1)C(=O)NCCCCCCCCNC(=O)[C@@H](NC(=O)c1ccncc1)C(C)CC. The normalized spacial score (nSPS) is 13.7. The zero-order valence-electron chi connectivity index (χ0n) is 25.5. The summed E-state index contributed by atoms with van der Waals surface area (Å²) < 4.78 is 0. The number of hydrogen-bond acceptors (Lipinski definition) is 6. The van der Waals surface area contributed by atoms with Crippen LogP contribution < -0.4 is 21.3 Å². The molecule has 4 N–H and O–H groups in total. The van der Waals surface area contributed by atoms with Gasteiger partial charge in [-0.1, -0.05) is 66.2 Å². The Bertz CT molecular complexity index is 1010. The average molecular weight is 581 g/mol. The zero-order valence-corrected chi connectivity index (χ0v) is 25.5. The van der Waals surface area contributed by atoms with E-state index in [2.05, 4.69) is 31.2 Å². The molecule has 230 valence electrons. The van der Waals surface area contributed by atoms with Crippen LogP contribution in [-0.2, 0) is 9.59 Å². The molecular weight excluding hydrogens is 532 g/mol. The summed E-state index contributed by atoms with van der Waals surface area (Å²) in [4.78, 5) is 58.6. The maximum absolute atomic E-state index is 12.8. The molecule has 2 aromatic rings. The molecule has 10 heteroatoms. The number of aromatic nitrogens is 2. The van der Waals surface area contributed by atoms with Crippen molar-refractivity contribution in [2.24, 2.45) is 11.8 Å². The van der Waals surface area contributed by atoms with Crippen LogP contribution in [0.2, 0.25) is 0 Å². The first-order valence-electron chi connectivity index (χ1n) is 15.3. The lowest BCUT2D eigenvalue weighted by Crippen LogP contribution is -2.50. The number of hydrogen-bond donors (Lipinski definition) is 4. The molecule has 2 heterocycles. The van der Waals surface area contributed by atoms with Gasteiger partial charge in [0.15, 0.2) is 0 Å². The van der Waals surface area contributed by atoms with E-state index >= 15 is 0 Å². The summed E-state index contributed by atoms with van der Waals surface area (Å²) in [6, 6.07) is 5.34. The second-order valence-corrected chi connectivity index (χ2v) is 10.8. The molecule has 0 aliphatic heterocycles. The van der Waals surface area contributed by atoms with Gasteiger partial charge < -0.3 is 21.3 Å². The maximum atomic E-state index is 12.8. The van der Waals surface area contributed by atoms with Gasteiger partial charge in [0.25, 0.3) is 11.8 Å². The van der Waals surface area contributed by atoms with Crippen molar-refractivity contribution in [3.05, 3.63) is 60.2 Å². The van der Waals surface area contributed by atoms with Crippen LogP contribution in [0.5, 0.6) is 0 Å². The van der Waals surface area contributed by atoms with Crippen molar-refractivity contribution in [2.45, 2.75) is 91.1 Å². The van der Waals surface area contributed by atoms with Crippen LogP contribution >= 0.6 is 0 Å². The second kappa shape index (κ2) is 19.3. The highest BCUT2D eigenvalue weighted by Crippen LogP contribution is 2.12. The van der Waals surface area contributed by atoms with E-state index in [0.717, 1.165) is 51.4 Å². The Morgan fingerprint density at radius 3 is 1.26 bits per heavy atom. The first kappa shape index (κ1) is 34.4. The van der Waals surface area contributed by atoms with Gasteiger partial charge >= 0.3 is 0 Å². The lowest BCUT2D eigenvalue weighted by molar-refractivity contribution is -0.124. The quantitative estimate of drug-likeness (QED) is 0.185. The van der Waals surface area contributed by atoms with Crippen LogP contribution in [0.25, 0.3) is 0 Å². The van der Waals surface area contributed by atoms with Crippen molar-refractivity contribution in [3.63, 3.8) is 0 Å². The number of unbranched alkanes of at least 4 members (excludes halogenated alkanes) is 5. The summed E-state index contributed by atoms with van der Waals surface area (Å²) in [5.41, 5.74) is 0.961. The molecule has 10 nitrogen and oxygen atoms in total. The fraction of sp³-hybridized carbons (Fsp3) is 0.562. The number of pyridine rings is 2. The van der Waals surface area contributed by atoms with E-state index in [-0.39, 0.29) is 35.5 Å². The van der Waals surface area contributed by atoms with Gasteiger partial charge in [0, 0.05) is 49.0 Å². The van der Waals surface area contributed by atoms with Gasteiger partial charge in [-0.25, -0.2) is 0 Å². The summed E-state index contributed by atoms with van der Waals surface area (Å²) in [5, 5.41) is 11.7. The molecule has 0 saturated heterocycles. The smallest absolute Gasteiger partial charge is 0.252 e. The van der Waals surface area contributed by atoms with Crippen molar-refractivity contribution >= 4 is 23.6 Å². The molecule has 2 rings (SSSR count).